The second kappa shape index (κ2) is 6.45. The number of benzene rings is 2. The van der Waals surface area contributed by atoms with Crippen molar-refractivity contribution in [3.63, 3.8) is 0 Å². The predicted molar refractivity (Wildman–Crippen MR) is 99.9 cm³/mol. The van der Waals surface area contributed by atoms with Crippen molar-refractivity contribution in [2.24, 2.45) is 0 Å². The van der Waals surface area contributed by atoms with Crippen molar-refractivity contribution in [2.75, 3.05) is 0 Å². The Kier molecular flexibility index (Phi) is 4.70. The quantitative estimate of drug-likeness (QED) is 0.640. The van der Waals surface area contributed by atoms with Crippen molar-refractivity contribution >= 4 is 39.1 Å². The molecule has 0 radical (unpaired) electrons. The van der Waals surface area contributed by atoms with E-state index < -0.39 is 9.93 Å². The van der Waals surface area contributed by atoms with Gasteiger partial charge in [0.2, 0.25) is 0 Å². The molecule has 1 aliphatic carbocycles. The Bertz CT molecular complexity index is 768. The van der Waals surface area contributed by atoms with Gasteiger partial charge in [-0.2, -0.15) is 0 Å². The van der Waals surface area contributed by atoms with Crippen LogP contribution in [0.1, 0.15) is 17.5 Å². The summed E-state index contributed by atoms with van der Waals surface area (Å²) < 4.78 is -0.00738. The highest BCUT2D eigenvalue weighted by molar-refractivity contribution is 9.10. The Hall–Kier alpha value is -1.06. The minimum absolute atomic E-state index is 0.449. The molecule has 2 aromatic carbocycles. The highest BCUT2D eigenvalue weighted by Gasteiger charge is 2.37. The van der Waals surface area contributed by atoms with Gasteiger partial charge in [-0.15, -0.1) is 0 Å². The summed E-state index contributed by atoms with van der Waals surface area (Å²) >= 11 is 15.8. The number of hydrogen-bond donors (Lipinski definition) is 1. The molecule has 1 unspecified atom stereocenters. The molecule has 0 saturated carbocycles. The molecule has 2 aromatic rings. The summed E-state index contributed by atoms with van der Waals surface area (Å²) in [6.07, 6.45) is 5.87. The van der Waals surface area contributed by atoms with Crippen LogP contribution in [0, 0.1) is 0 Å². The number of aliphatic hydroxyl groups is 1. The van der Waals surface area contributed by atoms with Crippen LogP contribution < -0.4 is 0 Å². The lowest BCUT2D eigenvalue weighted by Crippen LogP contribution is -2.31. The van der Waals surface area contributed by atoms with E-state index >= 15 is 0 Å². The first kappa shape index (κ1) is 16.8. The summed E-state index contributed by atoms with van der Waals surface area (Å²) in [5.74, 6) is 0. The lowest BCUT2D eigenvalue weighted by atomic mass is 9.78. The van der Waals surface area contributed by atoms with Gasteiger partial charge in [0.25, 0.3) is 0 Å². The summed E-state index contributed by atoms with van der Waals surface area (Å²) in [6, 6.07) is 17.3. The average molecular weight is 410 g/mol. The maximum absolute atomic E-state index is 11.6. The van der Waals surface area contributed by atoms with Gasteiger partial charge in [0.05, 0.1) is 0 Å². The van der Waals surface area contributed by atoms with Gasteiger partial charge in [-0.1, -0.05) is 93.7 Å². The molecule has 0 bridgehead atoms. The van der Waals surface area contributed by atoms with Crippen molar-refractivity contribution in [3.8, 4) is 0 Å². The van der Waals surface area contributed by atoms with E-state index in [9.17, 15) is 5.11 Å². The first-order valence-electron chi connectivity index (χ1n) is 7.23. The van der Waals surface area contributed by atoms with Gasteiger partial charge in [-0.05, 0) is 34.9 Å². The summed E-state index contributed by atoms with van der Waals surface area (Å²) in [5.41, 5.74) is 1.08. The normalized spacial score (nSPS) is 19.0. The minimum atomic E-state index is -1.26. The van der Waals surface area contributed by atoms with Crippen LogP contribution >= 0.6 is 39.1 Å². The van der Waals surface area contributed by atoms with Gasteiger partial charge >= 0.3 is 0 Å². The molecule has 0 amide bonds. The van der Waals surface area contributed by atoms with E-state index in [1.807, 2.05) is 60.7 Å². The van der Waals surface area contributed by atoms with E-state index in [0.29, 0.717) is 6.42 Å². The van der Waals surface area contributed by atoms with Gasteiger partial charge in [0.15, 0.2) is 0 Å². The fourth-order valence-corrected chi connectivity index (χ4v) is 3.43. The lowest BCUT2D eigenvalue weighted by Gasteiger charge is -2.33. The zero-order chi connectivity index (χ0) is 16.5. The van der Waals surface area contributed by atoms with E-state index in [1.165, 1.54) is 0 Å². The molecule has 1 N–H and O–H groups in total. The molecule has 4 heteroatoms. The van der Waals surface area contributed by atoms with E-state index in [2.05, 4.69) is 15.9 Å². The Balaban J connectivity index is 2.16. The second-order valence-corrected chi connectivity index (χ2v) is 8.00. The SMILES string of the molecule is OC(C1=CCC(Cl)(Cl)C=C1)(c1ccccc1)c1cccc(Br)c1. The van der Waals surface area contributed by atoms with Crippen LogP contribution in [0.5, 0.6) is 0 Å². The van der Waals surface area contributed by atoms with Crippen LogP contribution in [0.3, 0.4) is 0 Å². The van der Waals surface area contributed by atoms with Crippen LogP contribution in [0.25, 0.3) is 0 Å². The number of hydrogen-bond acceptors (Lipinski definition) is 1. The molecule has 0 spiro atoms. The van der Waals surface area contributed by atoms with Gasteiger partial charge < -0.3 is 5.11 Å². The molecule has 23 heavy (non-hydrogen) atoms. The van der Waals surface area contributed by atoms with Gasteiger partial charge in [-0.3, -0.25) is 0 Å². The molecule has 0 aliphatic heterocycles. The molecule has 0 heterocycles. The van der Waals surface area contributed by atoms with Gasteiger partial charge in [-0.25, -0.2) is 0 Å². The largest absolute Gasteiger partial charge is 0.376 e. The standard InChI is InChI=1S/C19H15BrCl2O/c20-17-8-4-7-16(13-17)19(23,14-5-2-1-3-6-14)15-9-11-18(21,22)12-10-15/h1-11,13,23H,12H2. The first-order valence-corrected chi connectivity index (χ1v) is 8.78. The summed E-state index contributed by atoms with van der Waals surface area (Å²) in [6.45, 7) is 0. The van der Waals surface area contributed by atoms with Crippen LogP contribution in [-0.4, -0.2) is 9.44 Å². The average Bonchev–Trinajstić information content (AvgIpc) is 2.55. The predicted octanol–water partition coefficient (Wildman–Crippen LogP) is 5.75. The zero-order valence-electron chi connectivity index (χ0n) is 12.2. The Morgan fingerprint density at radius 2 is 1.70 bits per heavy atom. The van der Waals surface area contributed by atoms with Gasteiger partial charge in [0, 0.05) is 10.9 Å². The van der Waals surface area contributed by atoms with Crippen LogP contribution in [0.4, 0.5) is 0 Å². The van der Waals surface area contributed by atoms with Crippen LogP contribution in [0.2, 0.25) is 0 Å². The van der Waals surface area contributed by atoms with Crippen molar-refractivity contribution in [3.05, 3.63) is 94.0 Å². The fourth-order valence-electron chi connectivity index (χ4n) is 2.76. The molecule has 1 nitrogen and oxygen atoms in total. The maximum atomic E-state index is 11.6. The molecule has 1 aliphatic rings. The van der Waals surface area contributed by atoms with E-state index in [1.54, 1.807) is 12.2 Å². The molecule has 0 saturated heterocycles. The molecule has 1 atom stereocenters. The number of allylic oxidation sites excluding steroid dienone is 2. The summed E-state index contributed by atoms with van der Waals surface area (Å²) in [7, 11) is 0. The van der Waals surface area contributed by atoms with E-state index in [4.69, 9.17) is 23.2 Å². The maximum Gasteiger partial charge on any atom is 0.140 e. The zero-order valence-corrected chi connectivity index (χ0v) is 15.3. The van der Waals surface area contributed by atoms with Crippen molar-refractivity contribution in [1.29, 1.82) is 0 Å². The third-order valence-electron chi connectivity index (χ3n) is 3.95. The van der Waals surface area contributed by atoms with Gasteiger partial charge in [0.1, 0.15) is 9.93 Å². The molecular weight excluding hydrogens is 395 g/mol. The first-order chi connectivity index (χ1) is 10.9. The highest BCUT2D eigenvalue weighted by Crippen LogP contribution is 2.42. The Morgan fingerprint density at radius 3 is 2.30 bits per heavy atom. The van der Waals surface area contributed by atoms with Crippen molar-refractivity contribution < 1.29 is 5.11 Å². The van der Waals surface area contributed by atoms with E-state index in [0.717, 1.165) is 21.2 Å². The Labute approximate surface area is 154 Å². The highest BCUT2D eigenvalue weighted by atomic mass is 79.9. The third-order valence-corrected chi connectivity index (χ3v) is 5.01. The molecule has 0 aromatic heterocycles. The smallest absolute Gasteiger partial charge is 0.140 e. The van der Waals surface area contributed by atoms with Crippen LogP contribution in [0.15, 0.2) is 82.9 Å². The topological polar surface area (TPSA) is 20.2 Å². The summed E-state index contributed by atoms with van der Waals surface area (Å²) in [4.78, 5) is 0. The second-order valence-electron chi connectivity index (χ2n) is 5.54. The molecule has 0 fully saturated rings. The lowest BCUT2D eigenvalue weighted by molar-refractivity contribution is 0.124. The number of rotatable bonds is 3. The van der Waals surface area contributed by atoms with E-state index in [-0.39, 0.29) is 0 Å². The Morgan fingerprint density at radius 1 is 1.00 bits per heavy atom. The molecular formula is C19H15BrCl2O. The third kappa shape index (κ3) is 3.41. The number of halogens is 3. The molecule has 3 rings (SSSR count). The number of alkyl halides is 2. The fraction of sp³-hybridized carbons (Fsp3) is 0.158. The van der Waals surface area contributed by atoms with Crippen molar-refractivity contribution in [2.45, 2.75) is 16.4 Å². The monoisotopic (exact) mass is 408 g/mol. The van der Waals surface area contributed by atoms with Crippen molar-refractivity contribution in [1.82, 2.24) is 0 Å². The molecule has 118 valence electrons. The summed E-state index contributed by atoms with van der Waals surface area (Å²) in [5, 5.41) is 11.6. The minimum Gasteiger partial charge on any atom is -0.376 e. The van der Waals surface area contributed by atoms with Crippen LogP contribution in [-0.2, 0) is 5.60 Å².